The Kier molecular flexibility index (Phi) is 5.82. The fourth-order valence-electron chi connectivity index (χ4n) is 2.32. The second-order valence-electron chi connectivity index (χ2n) is 5.12. The summed E-state index contributed by atoms with van der Waals surface area (Å²) >= 11 is 2.97. The first-order chi connectivity index (χ1) is 10.8. The van der Waals surface area contributed by atoms with Crippen molar-refractivity contribution in [2.24, 2.45) is 0 Å². The zero-order valence-electron chi connectivity index (χ0n) is 12.0. The second kappa shape index (κ2) is 7.45. The highest BCUT2D eigenvalue weighted by molar-refractivity contribution is 9.10. The van der Waals surface area contributed by atoms with Crippen molar-refractivity contribution < 1.29 is 18.0 Å². The van der Waals surface area contributed by atoms with Gasteiger partial charge in [0.15, 0.2) is 0 Å². The standard InChI is InChI=1S/C13H16BrF3N4O2/c14-9-5-8(6-19-12(9)23)11(22)20-7-10(13(15,16)17)21-3-1-18-2-4-21/h5-6,10,18H,1-4,7H2,(H,19,23)(H,20,22). The maximum absolute atomic E-state index is 13.2. The summed E-state index contributed by atoms with van der Waals surface area (Å²) in [5, 5.41) is 5.27. The van der Waals surface area contributed by atoms with E-state index >= 15 is 0 Å². The number of aromatic amines is 1. The topological polar surface area (TPSA) is 77.2 Å². The average molecular weight is 397 g/mol. The normalized spacial score (nSPS) is 17.7. The minimum absolute atomic E-state index is 0.0812. The highest BCUT2D eigenvalue weighted by Crippen LogP contribution is 2.24. The van der Waals surface area contributed by atoms with Crippen molar-refractivity contribution in [1.29, 1.82) is 0 Å². The first-order valence-corrected chi connectivity index (χ1v) is 7.76. The number of alkyl halides is 3. The van der Waals surface area contributed by atoms with Gasteiger partial charge in [-0.1, -0.05) is 0 Å². The molecule has 23 heavy (non-hydrogen) atoms. The molecule has 0 saturated carbocycles. The van der Waals surface area contributed by atoms with Crippen LogP contribution < -0.4 is 16.2 Å². The minimum Gasteiger partial charge on any atom is -0.350 e. The van der Waals surface area contributed by atoms with Gasteiger partial charge < -0.3 is 15.6 Å². The van der Waals surface area contributed by atoms with Gasteiger partial charge in [-0.2, -0.15) is 13.2 Å². The zero-order chi connectivity index (χ0) is 17.0. The number of aromatic nitrogens is 1. The predicted molar refractivity (Wildman–Crippen MR) is 81.4 cm³/mol. The Hall–Kier alpha value is -1.39. The maximum Gasteiger partial charge on any atom is 0.405 e. The first kappa shape index (κ1) is 18.0. The number of halogens is 4. The van der Waals surface area contributed by atoms with Crippen LogP contribution in [0.25, 0.3) is 0 Å². The molecule has 0 bridgehead atoms. The molecule has 1 aliphatic rings. The third-order valence-corrected chi connectivity index (χ3v) is 4.14. The molecule has 0 radical (unpaired) electrons. The summed E-state index contributed by atoms with van der Waals surface area (Å²) in [5.74, 6) is -0.675. The summed E-state index contributed by atoms with van der Waals surface area (Å²) in [7, 11) is 0. The number of H-pyrrole nitrogens is 1. The van der Waals surface area contributed by atoms with E-state index in [0.29, 0.717) is 13.1 Å². The smallest absolute Gasteiger partial charge is 0.350 e. The van der Waals surface area contributed by atoms with E-state index in [2.05, 4.69) is 31.5 Å². The highest BCUT2D eigenvalue weighted by Gasteiger charge is 2.43. The average Bonchev–Trinajstić information content (AvgIpc) is 2.49. The second-order valence-corrected chi connectivity index (χ2v) is 5.97. The van der Waals surface area contributed by atoms with Gasteiger partial charge in [-0.3, -0.25) is 14.5 Å². The van der Waals surface area contributed by atoms with Crippen molar-refractivity contribution in [2.45, 2.75) is 12.2 Å². The van der Waals surface area contributed by atoms with Gasteiger partial charge in [0.1, 0.15) is 6.04 Å². The van der Waals surface area contributed by atoms with Gasteiger partial charge in [-0.25, -0.2) is 0 Å². The van der Waals surface area contributed by atoms with Crippen molar-refractivity contribution in [3.8, 4) is 0 Å². The lowest BCUT2D eigenvalue weighted by molar-refractivity contribution is -0.183. The highest BCUT2D eigenvalue weighted by atomic mass is 79.9. The quantitative estimate of drug-likeness (QED) is 0.700. The van der Waals surface area contributed by atoms with Crippen LogP contribution in [0.4, 0.5) is 13.2 Å². The molecule has 1 atom stereocenters. The van der Waals surface area contributed by atoms with E-state index in [4.69, 9.17) is 0 Å². The van der Waals surface area contributed by atoms with Crippen molar-refractivity contribution >= 4 is 21.8 Å². The third kappa shape index (κ3) is 4.79. The lowest BCUT2D eigenvalue weighted by Gasteiger charge is -2.35. The Labute approximate surface area is 138 Å². The molecule has 2 rings (SSSR count). The van der Waals surface area contributed by atoms with Gasteiger partial charge in [0.05, 0.1) is 10.0 Å². The van der Waals surface area contributed by atoms with Crippen LogP contribution in [0, 0.1) is 0 Å². The van der Waals surface area contributed by atoms with Crippen molar-refractivity contribution in [3.05, 3.63) is 32.7 Å². The molecule has 1 amide bonds. The molecule has 1 saturated heterocycles. The number of carbonyl (C=O) groups is 1. The van der Waals surface area contributed by atoms with E-state index in [0.717, 1.165) is 6.20 Å². The molecule has 10 heteroatoms. The van der Waals surface area contributed by atoms with E-state index in [1.165, 1.54) is 11.0 Å². The molecular formula is C13H16BrF3N4O2. The number of hydrogen-bond acceptors (Lipinski definition) is 4. The summed E-state index contributed by atoms with van der Waals surface area (Å²) in [5.41, 5.74) is -0.340. The summed E-state index contributed by atoms with van der Waals surface area (Å²) in [6, 6.07) is -0.471. The zero-order valence-corrected chi connectivity index (χ0v) is 13.6. The Balaban J connectivity index is 2.03. The van der Waals surface area contributed by atoms with E-state index in [1.807, 2.05) is 0 Å². The number of pyridine rings is 1. The van der Waals surface area contributed by atoms with Gasteiger partial charge >= 0.3 is 6.18 Å². The number of nitrogens with zero attached hydrogens (tertiary/aromatic N) is 1. The number of rotatable bonds is 4. The van der Waals surface area contributed by atoms with Crippen LogP contribution in [0.2, 0.25) is 0 Å². The Bertz CT molecular complexity index is 614. The van der Waals surface area contributed by atoms with Crippen LogP contribution in [0.5, 0.6) is 0 Å². The molecule has 1 aromatic rings. The molecule has 6 nitrogen and oxygen atoms in total. The summed E-state index contributed by atoms with van der Waals surface area (Å²) in [6.07, 6.45) is -3.27. The van der Waals surface area contributed by atoms with Crippen LogP contribution >= 0.6 is 15.9 Å². The molecule has 1 aliphatic heterocycles. The fraction of sp³-hybridized carbons (Fsp3) is 0.538. The largest absolute Gasteiger partial charge is 0.405 e. The Morgan fingerprint density at radius 1 is 1.39 bits per heavy atom. The Morgan fingerprint density at radius 3 is 2.61 bits per heavy atom. The van der Waals surface area contributed by atoms with E-state index in [9.17, 15) is 22.8 Å². The molecule has 0 aromatic carbocycles. The minimum atomic E-state index is -4.43. The SMILES string of the molecule is O=C(NCC(N1CCNCC1)C(F)(F)F)c1c[nH]c(=O)c(Br)c1. The van der Waals surface area contributed by atoms with E-state index in [-0.39, 0.29) is 23.1 Å². The molecule has 3 N–H and O–H groups in total. The molecule has 0 aliphatic carbocycles. The van der Waals surface area contributed by atoms with Gasteiger partial charge in [0.25, 0.3) is 11.5 Å². The van der Waals surface area contributed by atoms with Gasteiger partial charge in [-0.15, -0.1) is 0 Å². The lowest BCUT2D eigenvalue weighted by Crippen LogP contribution is -2.57. The molecule has 128 valence electrons. The predicted octanol–water partition coefficient (Wildman–Crippen LogP) is 0.703. The third-order valence-electron chi connectivity index (χ3n) is 3.55. The molecule has 1 fully saturated rings. The summed E-state index contributed by atoms with van der Waals surface area (Å²) < 4.78 is 39.8. The first-order valence-electron chi connectivity index (χ1n) is 6.97. The van der Waals surface area contributed by atoms with Gasteiger partial charge in [-0.05, 0) is 22.0 Å². The maximum atomic E-state index is 13.2. The molecule has 1 aromatic heterocycles. The number of amides is 1. The summed E-state index contributed by atoms with van der Waals surface area (Å²) in [4.78, 5) is 26.8. The number of nitrogens with one attached hydrogen (secondary N) is 3. The molecule has 0 spiro atoms. The van der Waals surface area contributed by atoms with Crippen molar-refractivity contribution in [2.75, 3.05) is 32.7 Å². The van der Waals surface area contributed by atoms with Crippen molar-refractivity contribution in [3.63, 3.8) is 0 Å². The van der Waals surface area contributed by atoms with Crippen LogP contribution in [0.3, 0.4) is 0 Å². The van der Waals surface area contributed by atoms with Gasteiger partial charge in [0.2, 0.25) is 0 Å². The monoisotopic (exact) mass is 396 g/mol. The Morgan fingerprint density at radius 2 is 2.04 bits per heavy atom. The van der Waals surface area contributed by atoms with Crippen molar-refractivity contribution in [1.82, 2.24) is 20.5 Å². The van der Waals surface area contributed by atoms with E-state index in [1.54, 1.807) is 0 Å². The van der Waals surface area contributed by atoms with E-state index < -0.39 is 30.2 Å². The number of carbonyl (C=O) groups excluding carboxylic acids is 1. The van der Waals surface area contributed by atoms with Crippen LogP contribution in [-0.4, -0.2) is 60.7 Å². The van der Waals surface area contributed by atoms with Crippen LogP contribution in [0.1, 0.15) is 10.4 Å². The summed E-state index contributed by atoms with van der Waals surface area (Å²) in [6.45, 7) is 0.953. The fourth-order valence-corrected chi connectivity index (χ4v) is 2.69. The van der Waals surface area contributed by atoms with Crippen LogP contribution in [-0.2, 0) is 0 Å². The number of piperazine rings is 1. The molecule has 2 heterocycles. The van der Waals surface area contributed by atoms with Crippen LogP contribution in [0.15, 0.2) is 21.5 Å². The lowest BCUT2D eigenvalue weighted by atomic mass is 10.2. The van der Waals surface area contributed by atoms with Gasteiger partial charge in [0, 0.05) is 38.9 Å². The number of hydrogen-bond donors (Lipinski definition) is 3. The molecule has 1 unspecified atom stereocenters. The molecular weight excluding hydrogens is 381 g/mol.